The number of likely N-dealkylation sites (tertiary alicyclic amines) is 1. The number of hydrogen-bond acceptors (Lipinski definition) is 3. The fraction of sp³-hybridized carbons (Fsp3) is 0.400. The van der Waals surface area contributed by atoms with E-state index in [0.29, 0.717) is 6.04 Å². The molecule has 3 heteroatoms. The summed E-state index contributed by atoms with van der Waals surface area (Å²) >= 11 is 0. The fourth-order valence-electron chi connectivity index (χ4n) is 2.78. The zero-order chi connectivity index (χ0) is 12.5. The molecule has 2 aromatic heterocycles. The van der Waals surface area contributed by atoms with E-state index in [0.717, 1.165) is 18.0 Å². The molecule has 2 aromatic rings. The number of pyridine rings is 1. The van der Waals surface area contributed by atoms with Gasteiger partial charge in [0, 0.05) is 23.5 Å². The van der Waals surface area contributed by atoms with Crippen LogP contribution in [0.5, 0.6) is 0 Å². The van der Waals surface area contributed by atoms with Gasteiger partial charge in [-0.2, -0.15) is 0 Å². The van der Waals surface area contributed by atoms with E-state index < -0.39 is 0 Å². The molecule has 0 saturated carbocycles. The van der Waals surface area contributed by atoms with Gasteiger partial charge in [0.15, 0.2) is 0 Å². The average molecular weight is 242 g/mol. The summed E-state index contributed by atoms with van der Waals surface area (Å²) in [6, 6.07) is 6.55. The largest absolute Gasteiger partial charge is 0.464 e. The van der Waals surface area contributed by atoms with Gasteiger partial charge >= 0.3 is 0 Å². The number of nitrogens with zero attached hydrogens (tertiary/aromatic N) is 2. The van der Waals surface area contributed by atoms with Crippen LogP contribution in [0, 0.1) is 6.92 Å². The van der Waals surface area contributed by atoms with Gasteiger partial charge in [-0.05, 0) is 57.1 Å². The lowest BCUT2D eigenvalue weighted by molar-refractivity contribution is 0.317. The van der Waals surface area contributed by atoms with Crippen LogP contribution in [0.25, 0.3) is 11.3 Å². The lowest BCUT2D eigenvalue weighted by atomic mass is 9.98. The van der Waals surface area contributed by atoms with E-state index in [1.54, 1.807) is 6.26 Å². The molecule has 18 heavy (non-hydrogen) atoms. The molecular weight excluding hydrogens is 224 g/mol. The number of rotatable bonds is 2. The minimum absolute atomic E-state index is 0.471. The smallest absolute Gasteiger partial charge is 0.134 e. The molecule has 1 fully saturated rings. The van der Waals surface area contributed by atoms with E-state index >= 15 is 0 Å². The van der Waals surface area contributed by atoms with Crippen LogP contribution in [0.1, 0.15) is 30.1 Å². The lowest BCUT2D eigenvalue weighted by Crippen LogP contribution is -2.18. The minimum Gasteiger partial charge on any atom is -0.464 e. The second-order valence-corrected chi connectivity index (χ2v) is 5.03. The van der Waals surface area contributed by atoms with Crippen molar-refractivity contribution >= 4 is 0 Å². The highest BCUT2D eigenvalue weighted by Gasteiger charge is 2.26. The molecule has 0 spiro atoms. The topological polar surface area (TPSA) is 29.3 Å². The predicted molar refractivity (Wildman–Crippen MR) is 71.3 cm³/mol. The Morgan fingerprint density at radius 3 is 3.00 bits per heavy atom. The van der Waals surface area contributed by atoms with Gasteiger partial charge in [0.25, 0.3) is 0 Å². The molecule has 3 heterocycles. The van der Waals surface area contributed by atoms with Crippen LogP contribution in [-0.4, -0.2) is 23.5 Å². The highest BCUT2D eigenvalue weighted by molar-refractivity contribution is 5.63. The first-order chi connectivity index (χ1) is 8.75. The van der Waals surface area contributed by atoms with Crippen molar-refractivity contribution in [2.45, 2.75) is 25.8 Å². The van der Waals surface area contributed by atoms with Gasteiger partial charge in [-0.25, -0.2) is 0 Å². The lowest BCUT2D eigenvalue weighted by Gasteiger charge is -2.21. The molecule has 94 valence electrons. The molecule has 0 radical (unpaired) electrons. The standard InChI is InChI=1S/C15H18N2O/c1-11-9-12(15-6-4-8-18-15)13(10-16-11)14-5-3-7-17(14)2/h4,6,8-10,14H,3,5,7H2,1-2H3/t14-/m0/s1. The third kappa shape index (κ3) is 1.95. The van der Waals surface area contributed by atoms with Crippen LogP contribution < -0.4 is 0 Å². The summed E-state index contributed by atoms with van der Waals surface area (Å²) in [5.41, 5.74) is 3.51. The van der Waals surface area contributed by atoms with Crippen LogP contribution in [0.2, 0.25) is 0 Å². The van der Waals surface area contributed by atoms with Crippen molar-refractivity contribution in [3.05, 3.63) is 41.9 Å². The zero-order valence-corrected chi connectivity index (χ0v) is 10.9. The van der Waals surface area contributed by atoms with Crippen LogP contribution in [0.3, 0.4) is 0 Å². The van der Waals surface area contributed by atoms with Gasteiger partial charge < -0.3 is 4.42 Å². The van der Waals surface area contributed by atoms with E-state index in [-0.39, 0.29) is 0 Å². The molecule has 1 atom stereocenters. The predicted octanol–water partition coefficient (Wildman–Crippen LogP) is 3.42. The average Bonchev–Trinajstić information content (AvgIpc) is 3.00. The van der Waals surface area contributed by atoms with Crippen LogP contribution in [-0.2, 0) is 0 Å². The Balaban J connectivity index is 2.09. The van der Waals surface area contributed by atoms with Gasteiger partial charge in [0.1, 0.15) is 5.76 Å². The quantitative estimate of drug-likeness (QED) is 0.808. The molecule has 0 aliphatic carbocycles. The summed E-state index contributed by atoms with van der Waals surface area (Å²) in [6.07, 6.45) is 6.20. The molecule has 0 aromatic carbocycles. The maximum atomic E-state index is 5.56. The first kappa shape index (κ1) is 11.5. The Hall–Kier alpha value is -1.61. The van der Waals surface area contributed by atoms with Crippen molar-refractivity contribution in [2.24, 2.45) is 0 Å². The summed E-state index contributed by atoms with van der Waals surface area (Å²) in [4.78, 5) is 6.86. The summed E-state index contributed by atoms with van der Waals surface area (Å²) in [7, 11) is 2.18. The molecule has 3 rings (SSSR count). The molecule has 0 unspecified atom stereocenters. The summed E-state index contributed by atoms with van der Waals surface area (Å²) < 4.78 is 5.56. The van der Waals surface area contributed by atoms with Crippen LogP contribution >= 0.6 is 0 Å². The highest BCUT2D eigenvalue weighted by Crippen LogP contribution is 2.36. The van der Waals surface area contributed by atoms with E-state index in [9.17, 15) is 0 Å². The maximum Gasteiger partial charge on any atom is 0.134 e. The first-order valence-electron chi connectivity index (χ1n) is 6.46. The Morgan fingerprint density at radius 2 is 2.33 bits per heavy atom. The van der Waals surface area contributed by atoms with E-state index in [1.807, 2.05) is 25.3 Å². The first-order valence-corrected chi connectivity index (χ1v) is 6.46. The molecule has 0 bridgehead atoms. The highest BCUT2D eigenvalue weighted by atomic mass is 16.3. The summed E-state index contributed by atoms with van der Waals surface area (Å²) in [6.45, 7) is 3.19. The van der Waals surface area contributed by atoms with E-state index in [2.05, 4.69) is 23.0 Å². The minimum atomic E-state index is 0.471. The Labute approximate surface area is 107 Å². The van der Waals surface area contributed by atoms with E-state index in [4.69, 9.17) is 4.42 Å². The molecule has 0 amide bonds. The molecular formula is C15H18N2O. The van der Waals surface area contributed by atoms with Crippen molar-refractivity contribution in [1.82, 2.24) is 9.88 Å². The van der Waals surface area contributed by atoms with Crippen LogP contribution in [0.4, 0.5) is 0 Å². The fourth-order valence-corrected chi connectivity index (χ4v) is 2.78. The molecule has 1 saturated heterocycles. The van der Waals surface area contributed by atoms with Gasteiger partial charge in [-0.15, -0.1) is 0 Å². The number of aromatic nitrogens is 1. The molecule has 1 aliphatic heterocycles. The number of aryl methyl sites for hydroxylation is 1. The van der Waals surface area contributed by atoms with E-state index in [1.165, 1.54) is 24.0 Å². The Bertz CT molecular complexity index is 533. The maximum absolute atomic E-state index is 5.56. The molecule has 1 aliphatic rings. The Morgan fingerprint density at radius 1 is 1.44 bits per heavy atom. The third-order valence-corrected chi connectivity index (χ3v) is 3.74. The van der Waals surface area contributed by atoms with Crippen molar-refractivity contribution < 1.29 is 4.42 Å². The molecule has 0 N–H and O–H groups in total. The second-order valence-electron chi connectivity index (χ2n) is 5.03. The monoisotopic (exact) mass is 242 g/mol. The summed E-state index contributed by atoms with van der Waals surface area (Å²) in [5, 5.41) is 0. The van der Waals surface area contributed by atoms with Gasteiger partial charge in [0.2, 0.25) is 0 Å². The van der Waals surface area contributed by atoms with Crippen molar-refractivity contribution in [3.63, 3.8) is 0 Å². The van der Waals surface area contributed by atoms with Gasteiger partial charge in [-0.3, -0.25) is 9.88 Å². The number of furan rings is 1. The molecule has 3 nitrogen and oxygen atoms in total. The number of hydrogen-bond donors (Lipinski definition) is 0. The van der Waals surface area contributed by atoms with Crippen molar-refractivity contribution in [1.29, 1.82) is 0 Å². The zero-order valence-electron chi connectivity index (χ0n) is 10.9. The van der Waals surface area contributed by atoms with Crippen LogP contribution in [0.15, 0.2) is 35.1 Å². The SMILES string of the molecule is Cc1cc(-c2ccco2)c([C@@H]2CCCN2C)cn1. The second kappa shape index (κ2) is 4.58. The van der Waals surface area contributed by atoms with Gasteiger partial charge in [-0.1, -0.05) is 0 Å². The Kier molecular flexibility index (Phi) is 2.92. The van der Waals surface area contributed by atoms with Crippen molar-refractivity contribution in [3.8, 4) is 11.3 Å². The third-order valence-electron chi connectivity index (χ3n) is 3.74. The van der Waals surface area contributed by atoms with Gasteiger partial charge in [0.05, 0.1) is 6.26 Å². The summed E-state index contributed by atoms with van der Waals surface area (Å²) in [5.74, 6) is 0.941. The normalized spacial score (nSPS) is 20.4. The van der Waals surface area contributed by atoms with Crippen molar-refractivity contribution in [2.75, 3.05) is 13.6 Å².